The molecule has 0 saturated carbocycles. The number of anilines is 1. The lowest BCUT2D eigenvalue weighted by atomic mass is 9.87. The maximum atomic E-state index is 11.5. The molecule has 1 N–H and O–H groups in total. The highest BCUT2D eigenvalue weighted by molar-refractivity contribution is 6.32. The molecule has 0 aliphatic carbocycles. The molecule has 2 aromatic carbocycles. The molecule has 5 heteroatoms. The van der Waals surface area contributed by atoms with Gasteiger partial charge in [0.25, 0.3) is 0 Å². The van der Waals surface area contributed by atoms with Crippen LogP contribution >= 0.6 is 24.0 Å². The number of rotatable bonds is 1. The Labute approximate surface area is 140 Å². The van der Waals surface area contributed by atoms with Crippen LogP contribution in [0.25, 0.3) is 0 Å². The van der Waals surface area contributed by atoms with Gasteiger partial charge in [-0.3, -0.25) is 4.99 Å². The van der Waals surface area contributed by atoms with E-state index in [0.717, 1.165) is 30.8 Å². The van der Waals surface area contributed by atoms with E-state index in [1.54, 1.807) is 0 Å². The zero-order chi connectivity index (χ0) is 14.4. The molecule has 0 fully saturated rings. The van der Waals surface area contributed by atoms with Crippen molar-refractivity contribution in [2.75, 3.05) is 18.0 Å². The second-order valence-electron chi connectivity index (χ2n) is 5.42. The molecule has 0 spiro atoms. The quantitative estimate of drug-likeness (QED) is 0.864. The predicted octanol–water partition coefficient (Wildman–Crippen LogP) is 3.62. The number of amidine groups is 1. The van der Waals surface area contributed by atoms with Gasteiger partial charge in [0.15, 0.2) is 5.60 Å². The van der Waals surface area contributed by atoms with Gasteiger partial charge in [0.05, 0.1) is 0 Å². The molecule has 22 heavy (non-hydrogen) atoms. The zero-order valence-corrected chi connectivity index (χ0v) is 13.4. The first-order valence-electron chi connectivity index (χ1n) is 7.12. The summed E-state index contributed by atoms with van der Waals surface area (Å²) in [5, 5.41) is 12.1. The fraction of sp³-hybridized carbons (Fsp3) is 0.235. The van der Waals surface area contributed by atoms with E-state index < -0.39 is 5.60 Å². The van der Waals surface area contributed by atoms with Gasteiger partial charge in [-0.05, 0) is 18.6 Å². The van der Waals surface area contributed by atoms with Crippen molar-refractivity contribution in [3.8, 4) is 0 Å². The lowest BCUT2D eigenvalue weighted by Crippen LogP contribution is -2.44. The zero-order valence-electron chi connectivity index (χ0n) is 11.9. The summed E-state index contributed by atoms with van der Waals surface area (Å²) >= 11 is 6.36. The van der Waals surface area contributed by atoms with Gasteiger partial charge in [-0.25, -0.2) is 0 Å². The predicted molar refractivity (Wildman–Crippen MR) is 92.4 cm³/mol. The molecule has 0 saturated heterocycles. The Balaban J connectivity index is 0.00000144. The van der Waals surface area contributed by atoms with Gasteiger partial charge in [0, 0.05) is 34.9 Å². The van der Waals surface area contributed by atoms with Crippen molar-refractivity contribution in [3.63, 3.8) is 0 Å². The number of hydrogen-bond donors (Lipinski definition) is 1. The Morgan fingerprint density at radius 2 is 1.73 bits per heavy atom. The average molecular weight is 335 g/mol. The summed E-state index contributed by atoms with van der Waals surface area (Å²) in [7, 11) is 0. The first-order valence-corrected chi connectivity index (χ1v) is 7.50. The van der Waals surface area contributed by atoms with Crippen molar-refractivity contribution in [2.24, 2.45) is 4.99 Å². The number of aliphatic hydroxyl groups is 1. The molecule has 0 bridgehead atoms. The third-order valence-electron chi connectivity index (χ3n) is 4.23. The summed E-state index contributed by atoms with van der Waals surface area (Å²) in [5.41, 5.74) is 1.33. The first kappa shape index (κ1) is 15.3. The highest BCUT2D eigenvalue weighted by atomic mass is 35.5. The summed E-state index contributed by atoms with van der Waals surface area (Å²) in [6, 6.07) is 15.4. The molecule has 2 aliphatic rings. The van der Waals surface area contributed by atoms with Crippen LogP contribution in [0.15, 0.2) is 53.5 Å². The van der Waals surface area contributed by atoms with Crippen LogP contribution in [0.1, 0.15) is 17.5 Å². The largest absolute Gasteiger partial charge is 0.373 e. The minimum Gasteiger partial charge on any atom is -0.373 e. The van der Waals surface area contributed by atoms with E-state index in [1.165, 1.54) is 0 Å². The van der Waals surface area contributed by atoms with Gasteiger partial charge in [0.1, 0.15) is 5.84 Å². The highest BCUT2D eigenvalue weighted by Gasteiger charge is 2.50. The van der Waals surface area contributed by atoms with Gasteiger partial charge in [-0.2, -0.15) is 0 Å². The number of hydrogen-bond acceptors (Lipinski definition) is 3. The maximum Gasteiger partial charge on any atom is 0.176 e. The molecule has 0 amide bonds. The van der Waals surface area contributed by atoms with Crippen LogP contribution in [-0.4, -0.2) is 24.0 Å². The van der Waals surface area contributed by atoms with Crippen LogP contribution in [0.5, 0.6) is 0 Å². The van der Waals surface area contributed by atoms with Crippen LogP contribution in [0, 0.1) is 0 Å². The van der Waals surface area contributed by atoms with Crippen LogP contribution in [0.3, 0.4) is 0 Å². The van der Waals surface area contributed by atoms with Crippen LogP contribution in [0.2, 0.25) is 5.02 Å². The van der Waals surface area contributed by atoms with E-state index in [4.69, 9.17) is 11.6 Å². The first-order chi connectivity index (χ1) is 10.2. The molecular weight excluding hydrogens is 319 g/mol. The molecule has 1 atom stereocenters. The minimum absolute atomic E-state index is 0. The van der Waals surface area contributed by atoms with E-state index in [0.29, 0.717) is 16.4 Å². The SMILES string of the molecule is Cl.OC1(c2ccccc2Cl)C2=NCCCN2c2ccccc21. The summed E-state index contributed by atoms with van der Waals surface area (Å²) < 4.78 is 0. The second-order valence-corrected chi connectivity index (χ2v) is 5.83. The normalized spacial score (nSPS) is 22.5. The Morgan fingerprint density at radius 3 is 2.50 bits per heavy atom. The highest BCUT2D eigenvalue weighted by Crippen LogP contribution is 2.47. The molecule has 2 aliphatic heterocycles. The van der Waals surface area contributed by atoms with Gasteiger partial charge < -0.3 is 10.0 Å². The average Bonchev–Trinajstić information content (AvgIpc) is 2.79. The summed E-state index contributed by atoms with van der Waals surface area (Å²) in [6.07, 6.45) is 0.996. The third kappa shape index (κ3) is 1.97. The number of halogens is 2. The summed E-state index contributed by atoms with van der Waals surface area (Å²) in [5.74, 6) is 0.697. The van der Waals surface area contributed by atoms with Crippen LogP contribution < -0.4 is 4.90 Å². The molecule has 4 rings (SSSR count). The molecule has 114 valence electrons. The van der Waals surface area contributed by atoms with E-state index >= 15 is 0 Å². The van der Waals surface area contributed by atoms with Crippen LogP contribution in [0.4, 0.5) is 5.69 Å². The van der Waals surface area contributed by atoms with E-state index in [-0.39, 0.29) is 12.4 Å². The molecule has 2 aromatic rings. The van der Waals surface area contributed by atoms with Crippen molar-refractivity contribution in [2.45, 2.75) is 12.0 Å². The van der Waals surface area contributed by atoms with Crippen molar-refractivity contribution in [1.29, 1.82) is 0 Å². The standard InChI is InChI=1S/C17H15ClN2O.ClH/c18-14-8-3-1-6-12(14)17(21)13-7-2-4-9-15(13)20-11-5-10-19-16(17)20;/h1-4,6-9,21H,5,10-11H2;1H. The molecular formula is C17H16Cl2N2O. The molecule has 1 unspecified atom stereocenters. The Kier molecular flexibility index (Phi) is 3.89. The van der Waals surface area contributed by atoms with Crippen molar-refractivity contribution < 1.29 is 5.11 Å². The van der Waals surface area contributed by atoms with Crippen molar-refractivity contribution in [3.05, 3.63) is 64.7 Å². The smallest absolute Gasteiger partial charge is 0.176 e. The lowest BCUT2D eigenvalue weighted by molar-refractivity contribution is 0.158. The molecule has 3 nitrogen and oxygen atoms in total. The van der Waals surface area contributed by atoms with E-state index in [9.17, 15) is 5.11 Å². The Morgan fingerprint density at radius 1 is 1.05 bits per heavy atom. The fourth-order valence-corrected chi connectivity index (χ4v) is 3.58. The monoisotopic (exact) mass is 334 g/mol. The molecule has 0 aromatic heterocycles. The summed E-state index contributed by atoms with van der Waals surface area (Å²) in [4.78, 5) is 6.72. The van der Waals surface area contributed by atoms with Gasteiger partial charge in [0.2, 0.25) is 0 Å². The lowest BCUT2D eigenvalue weighted by Gasteiger charge is -2.30. The number of benzene rings is 2. The van der Waals surface area contributed by atoms with Crippen molar-refractivity contribution >= 4 is 35.5 Å². The Hall–Kier alpha value is -1.55. The molecule has 2 heterocycles. The topological polar surface area (TPSA) is 35.8 Å². The number of fused-ring (bicyclic) bond motifs is 3. The van der Waals surface area contributed by atoms with Gasteiger partial charge in [-0.1, -0.05) is 48.0 Å². The maximum absolute atomic E-state index is 11.5. The van der Waals surface area contributed by atoms with Crippen LogP contribution in [-0.2, 0) is 5.60 Å². The van der Waals surface area contributed by atoms with Gasteiger partial charge >= 0.3 is 0 Å². The van der Waals surface area contributed by atoms with E-state index in [2.05, 4.69) is 9.89 Å². The Bertz CT molecular complexity index is 747. The number of nitrogens with zero attached hydrogens (tertiary/aromatic N) is 2. The third-order valence-corrected chi connectivity index (χ3v) is 4.56. The number of para-hydroxylation sites is 1. The minimum atomic E-state index is -1.25. The fourth-order valence-electron chi connectivity index (χ4n) is 3.30. The molecule has 0 radical (unpaired) electrons. The van der Waals surface area contributed by atoms with Gasteiger partial charge in [-0.15, -0.1) is 12.4 Å². The second kappa shape index (κ2) is 5.58. The summed E-state index contributed by atoms with van der Waals surface area (Å²) in [6.45, 7) is 1.62. The number of aliphatic imine (C=N–C) groups is 1. The van der Waals surface area contributed by atoms with E-state index in [1.807, 2.05) is 48.5 Å². The van der Waals surface area contributed by atoms with Crippen molar-refractivity contribution in [1.82, 2.24) is 0 Å².